The minimum absolute atomic E-state index is 0.612. The zero-order chi connectivity index (χ0) is 17.2. The fourth-order valence-corrected chi connectivity index (χ4v) is 3.71. The van der Waals surface area contributed by atoms with E-state index in [1.165, 1.54) is 16.7 Å². The van der Waals surface area contributed by atoms with Crippen LogP contribution in [0.1, 0.15) is 16.7 Å². The van der Waals surface area contributed by atoms with Crippen LogP contribution in [-0.2, 0) is 13.0 Å². The van der Waals surface area contributed by atoms with E-state index < -0.39 is 0 Å². The van der Waals surface area contributed by atoms with Gasteiger partial charge < -0.3 is 10.2 Å². The van der Waals surface area contributed by atoms with Crippen molar-refractivity contribution in [2.24, 2.45) is 0 Å². The highest BCUT2D eigenvalue weighted by atomic mass is 79.9. The van der Waals surface area contributed by atoms with E-state index in [0.29, 0.717) is 5.95 Å². The van der Waals surface area contributed by atoms with Crippen LogP contribution in [0.4, 0.5) is 17.5 Å². The lowest BCUT2D eigenvalue weighted by molar-refractivity contribution is 0.720. The minimum Gasteiger partial charge on any atom is -0.352 e. The number of aromatic nitrogens is 2. The smallest absolute Gasteiger partial charge is 0.229 e. The lowest BCUT2D eigenvalue weighted by Crippen LogP contribution is -2.31. The molecule has 2 aromatic carbocycles. The van der Waals surface area contributed by atoms with Gasteiger partial charge in [0, 0.05) is 23.8 Å². The van der Waals surface area contributed by atoms with E-state index in [1.807, 2.05) is 18.3 Å². The number of benzene rings is 2. The zero-order valence-corrected chi connectivity index (χ0v) is 15.6. The molecule has 0 saturated heterocycles. The van der Waals surface area contributed by atoms with Crippen LogP contribution in [0, 0.1) is 6.92 Å². The van der Waals surface area contributed by atoms with Gasteiger partial charge in [0.05, 0.1) is 5.69 Å². The maximum Gasteiger partial charge on any atom is 0.229 e. The van der Waals surface area contributed by atoms with Gasteiger partial charge in [-0.25, -0.2) is 4.98 Å². The predicted octanol–water partition coefficient (Wildman–Crippen LogP) is 4.85. The molecule has 0 atom stereocenters. The molecule has 0 fully saturated rings. The molecule has 1 aliphatic heterocycles. The first-order valence-corrected chi connectivity index (χ1v) is 9.16. The first kappa shape index (κ1) is 16.1. The number of hydrogen-bond donors (Lipinski definition) is 1. The third-order valence-corrected chi connectivity index (χ3v) is 5.12. The third-order valence-electron chi connectivity index (χ3n) is 4.47. The first-order valence-electron chi connectivity index (χ1n) is 8.37. The molecule has 3 aromatic rings. The molecule has 2 heterocycles. The van der Waals surface area contributed by atoms with Gasteiger partial charge in [-0.05, 0) is 64.2 Å². The van der Waals surface area contributed by atoms with Crippen molar-refractivity contribution in [1.29, 1.82) is 0 Å². The maximum absolute atomic E-state index is 4.71. The molecule has 5 heteroatoms. The van der Waals surface area contributed by atoms with Gasteiger partial charge in [0.1, 0.15) is 5.82 Å². The second-order valence-electron chi connectivity index (χ2n) is 6.29. The lowest BCUT2D eigenvalue weighted by atomic mass is 10.00. The fourth-order valence-electron chi connectivity index (χ4n) is 3.12. The van der Waals surface area contributed by atoms with Crippen molar-refractivity contribution in [2.45, 2.75) is 19.9 Å². The molecule has 1 aromatic heterocycles. The van der Waals surface area contributed by atoms with Gasteiger partial charge in [0.15, 0.2) is 0 Å². The second-order valence-corrected chi connectivity index (χ2v) is 7.14. The molecule has 126 valence electrons. The number of hydrogen-bond acceptors (Lipinski definition) is 4. The summed E-state index contributed by atoms with van der Waals surface area (Å²) >= 11 is 3.59. The highest BCUT2D eigenvalue weighted by Gasteiger charge is 2.17. The van der Waals surface area contributed by atoms with Crippen molar-refractivity contribution in [1.82, 2.24) is 9.97 Å². The zero-order valence-electron chi connectivity index (χ0n) is 14.0. The first-order chi connectivity index (χ1) is 12.2. The van der Waals surface area contributed by atoms with Crippen LogP contribution in [-0.4, -0.2) is 16.5 Å². The number of anilines is 3. The standard InChI is InChI=1S/C20H19BrN4/c1-14-6-7-18(17(21)12-14)23-20-22-10-8-19(24-20)25-11-9-15-4-2-3-5-16(15)13-25/h2-8,10,12H,9,11,13H2,1H3,(H,22,23,24). The molecule has 25 heavy (non-hydrogen) atoms. The Hall–Kier alpha value is -2.40. The Bertz CT molecular complexity index is 910. The summed E-state index contributed by atoms with van der Waals surface area (Å²) in [7, 11) is 0. The number of fused-ring (bicyclic) bond motifs is 1. The Labute approximate surface area is 156 Å². The summed E-state index contributed by atoms with van der Waals surface area (Å²) in [6, 6.07) is 16.8. The van der Waals surface area contributed by atoms with Crippen molar-refractivity contribution in [3.63, 3.8) is 0 Å². The van der Waals surface area contributed by atoms with Crippen molar-refractivity contribution in [2.75, 3.05) is 16.8 Å². The Kier molecular flexibility index (Phi) is 4.40. The van der Waals surface area contributed by atoms with Gasteiger partial charge in [-0.1, -0.05) is 30.3 Å². The average Bonchev–Trinajstić information content (AvgIpc) is 2.64. The predicted molar refractivity (Wildman–Crippen MR) is 105 cm³/mol. The lowest BCUT2D eigenvalue weighted by Gasteiger charge is -2.29. The molecule has 0 bridgehead atoms. The minimum atomic E-state index is 0.612. The van der Waals surface area contributed by atoms with Crippen LogP contribution in [0.25, 0.3) is 0 Å². The molecular weight excluding hydrogens is 376 g/mol. The summed E-state index contributed by atoms with van der Waals surface area (Å²) < 4.78 is 1.01. The molecule has 0 amide bonds. The largest absolute Gasteiger partial charge is 0.352 e. The van der Waals surface area contributed by atoms with Gasteiger partial charge >= 0.3 is 0 Å². The van der Waals surface area contributed by atoms with E-state index in [1.54, 1.807) is 0 Å². The Morgan fingerprint density at radius 1 is 1.08 bits per heavy atom. The Balaban J connectivity index is 1.56. The molecular formula is C20H19BrN4. The van der Waals surface area contributed by atoms with Crippen LogP contribution in [0.15, 0.2) is 59.2 Å². The fraction of sp³-hybridized carbons (Fsp3) is 0.200. The molecule has 4 nitrogen and oxygen atoms in total. The van der Waals surface area contributed by atoms with Gasteiger partial charge in [0.2, 0.25) is 5.95 Å². The third kappa shape index (κ3) is 3.51. The summed E-state index contributed by atoms with van der Waals surface area (Å²) in [5.74, 6) is 1.57. The van der Waals surface area contributed by atoms with Crippen molar-refractivity contribution in [3.8, 4) is 0 Å². The number of aryl methyl sites for hydroxylation is 1. The molecule has 0 unspecified atom stereocenters. The number of nitrogens with zero attached hydrogens (tertiary/aromatic N) is 3. The van der Waals surface area contributed by atoms with Crippen LogP contribution < -0.4 is 10.2 Å². The summed E-state index contributed by atoms with van der Waals surface area (Å²) in [5.41, 5.74) is 4.99. The van der Waals surface area contributed by atoms with E-state index in [-0.39, 0.29) is 0 Å². The summed E-state index contributed by atoms with van der Waals surface area (Å²) in [5, 5.41) is 3.30. The molecule has 0 spiro atoms. The van der Waals surface area contributed by atoms with E-state index in [9.17, 15) is 0 Å². The average molecular weight is 395 g/mol. The van der Waals surface area contributed by atoms with Gasteiger partial charge in [-0.2, -0.15) is 4.98 Å². The second kappa shape index (κ2) is 6.84. The summed E-state index contributed by atoms with van der Waals surface area (Å²) in [6.45, 7) is 3.93. The van der Waals surface area contributed by atoms with Crippen LogP contribution >= 0.6 is 15.9 Å². The molecule has 0 saturated carbocycles. The SMILES string of the molecule is Cc1ccc(Nc2nccc(N3CCc4ccccc4C3)n2)c(Br)c1. The highest BCUT2D eigenvalue weighted by molar-refractivity contribution is 9.10. The molecule has 0 aliphatic carbocycles. The van der Waals surface area contributed by atoms with Gasteiger partial charge in [-0.15, -0.1) is 0 Å². The normalized spacial score (nSPS) is 13.4. The topological polar surface area (TPSA) is 41.1 Å². The van der Waals surface area contributed by atoms with E-state index in [0.717, 1.165) is 35.5 Å². The summed E-state index contributed by atoms with van der Waals surface area (Å²) in [6.07, 6.45) is 2.86. The van der Waals surface area contributed by atoms with Crippen molar-refractivity contribution < 1.29 is 0 Å². The van der Waals surface area contributed by atoms with Crippen LogP contribution in [0.5, 0.6) is 0 Å². The number of rotatable bonds is 3. The molecule has 1 aliphatic rings. The van der Waals surface area contributed by atoms with Crippen molar-refractivity contribution >= 4 is 33.4 Å². The van der Waals surface area contributed by atoms with Crippen molar-refractivity contribution in [3.05, 3.63) is 75.9 Å². The highest BCUT2D eigenvalue weighted by Crippen LogP contribution is 2.27. The Morgan fingerprint density at radius 3 is 2.76 bits per heavy atom. The molecule has 1 N–H and O–H groups in total. The number of nitrogens with one attached hydrogen (secondary N) is 1. The maximum atomic E-state index is 4.71. The number of halogens is 1. The van der Waals surface area contributed by atoms with Gasteiger partial charge in [-0.3, -0.25) is 0 Å². The molecule has 0 radical (unpaired) electrons. The van der Waals surface area contributed by atoms with E-state index >= 15 is 0 Å². The quantitative estimate of drug-likeness (QED) is 0.688. The van der Waals surface area contributed by atoms with Crippen LogP contribution in [0.3, 0.4) is 0 Å². The molecule has 4 rings (SSSR count). The van der Waals surface area contributed by atoms with E-state index in [2.05, 4.69) is 74.5 Å². The monoisotopic (exact) mass is 394 g/mol. The summed E-state index contributed by atoms with van der Waals surface area (Å²) in [4.78, 5) is 11.4. The van der Waals surface area contributed by atoms with Gasteiger partial charge in [0.25, 0.3) is 0 Å². The Morgan fingerprint density at radius 2 is 1.92 bits per heavy atom. The van der Waals surface area contributed by atoms with E-state index in [4.69, 9.17) is 4.98 Å². The van der Waals surface area contributed by atoms with Crippen LogP contribution in [0.2, 0.25) is 0 Å².